The van der Waals surface area contributed by atoms with Gasteiger partial charge in [0.1, 0.15) is 16.5 Å². The quantitative estimate of drug-likeness (QED) is 0.893. The zero-order valence-corrected chi connectivity index (χ0v) is 12.1. The topological polar surface area (TPSA) is 92.7 Å². The van der Waals surface area contributed by atoms with Crippen molar-refractivity contribution in [3.05, 3.63) is 29.5 Å². The number of amides is 2. The van der Waals surface area contributed by atoms with Gasteiger partial charge in [0.2, 0.25) is 0 Å². The van der Waals surface area contributed by atoms with Crippen molar-refractivity contribution in [1.29, 1.82) is 0 Å². The Kier molecular flexibility index (Phi) is 4.85. The molecule has 0 fully saturated rings. The first kappa shape index (κ1) is 16.1. The maximum absolute atomic E-state index is 12.6. The van der Waals surface area contributed by atoms with Gasteiger partial charge in [0, 0.05) is 30.2 Å². The predicted octanol–water partition coefficient (Wildman–Crippen LogP) is 2.02. The number of urea groups is 1. The van der Waals surface area contributed by atoms with Crippen LogP contribution in [0.4, 0.5) is 23.0 Å². The highest BCUT2D eigenvalue weighted by Crippen LogP contribution is 2.27. The van der Waals surface area contributed by atoms with Crippen LogP contribution < -0.4 is 10.6 Å². The summed E-state index contributed by atoms with van der Waals surface area (Å²) in [6, 6.07) is 0.371. The fourth-order valence-electron chi connectivity index (χ4n) is 1.55. The summed E-state index contributed by atoms with van der Waals surface area (Å²) < 4.78 is 41.5. The molecule has 0 aliphatic carbocycles. The molecule has 2 rings (SSSR count). The Morgan fingerprint density at radius 2 is 2.14 bits per heavy atom. The maximum Gasteiger partial charge on any atom is 0.433 e. The van der Waals surface area contributed by atoms with Crippen LogP contribution in [0.1, 0.15) is 17.2 Å². The smallest absolute Gasteiger partial charge is 0.337 e. The molecule has 0 aromatic carbocycles. The minimum absolute atomic E-state index is 0.0204. The van der Waals surface area contributed by atoms with Crippen molar-refractivity contribution in [3.63, 3.8) is 0 Å². The average molecular weight is 332 g/mol. The van der Waals surface area contributed by atoms with Crippen LogP contribution in [-0.4, -0.2) is 32.1 Å². The first-order valence-electron chi connectivity index (χ1n) is 6.08. The van der Waals surface area contributed by atoms with E-state index in [0.717, 1.165) is 17.6 Å². The average Bonchev–Trinajstić information content (AvgIpc) is 2.90. The summed E-state index contributed by atoms with van der Waals surface area (Å²) in [6.07, 6.45) is -3.06. The number of nitrogens with one attached hydrogen (secondary N) is 2. The molecule has 0 aliphatic rings. The number of carbonyl (C=O) groups excluding carboxylic acids is 1. The molecule has 2 amide bonds. The second kappa shape index (κ2) is 6.64. The molecule has 0 aliphatic heterocycles. The number of halogens is 3. The van der Waals surface area contributed by atoms with E-state index in [2.05, 4.69) is 30.2 Å². The molecular formula is C11H11F3N6OS. The normalized spacial score (nSPS) is 11.3. The fourth-order valence-corrected chi connectivity index (χ4v) is 1.97. The van der Waals surface area contributed by atoms with Gasteiger partial charge in [0.15, 0.2) is 0 Å². The summed E-state index contributed by atoms with van der Waals surface area (Å²) in [7, 11) is 0. The molecule has 0 radical (unpaired) electrons. The van der Waals surface area contributed by atoms with Crippen molar-refractivity contribution in [3.8, 4) is 0 Å². The Balaban J connectivity index is 1.89. The van der Waals surface area contributed by atoms with Crippen molar-refractivity contribution in [1.82, 2.24) is 24.9 Å². The van der Waals surface area contributed by atoms with Gasteiger partial charge in [-0.25, -0.2) is 14.8 Å². The molecule has 118 valence electrons. The monoisotopic (exact) mass is 332 g/mol. The lowest BCUT2D eigenvalue weighted by atomic mass is 10.3. The standard InChI is InChI=1S/C11H11F3N6OS/c1-6-4-7(11(12,13)14)18-8(17-6)2-3-15-10(21)19-9-5-16-20-22-9/h4-5H,2-3H2,1H3,(H2,15,19,21). The number of carbonyl (C=O) groups is 1. The molecule has 2 heterocycles. The van der Waals surface area contributed by atoms with Gasteiger partial charge in [0.25, 0.3) is 0 Å². The second-order valence-corrected chi connectivity index (χ2v) is 5.01. The number of nitrogens with zero attached hydrogens (tertiary/aromatic N) is 4. The van der Waals surface area contributed by atoms with E-state index >= 15 is 0 Å². The SMILES string of the molecule is Cc1cc(C(F)(F)F)nc(CCNC(=O)Nc2cnns2)n1. The van der Waals surface area contributed by atoms with Gasteiger partial charge in [-0.05, 0) is 13.0 Å². The van der Waals surface area contributed by atoms with Gasteiger partial charge < -0.3 is 5.32 Å². The molecule has 22 heavy (non-hydrogen) atoms. The summed E-state index contributed by atoms with van der Waals surface area (Å²) in [5, 5.41) is 8.97. The first-order valence-corrected chi connectivity index (χ1v) is 6.86. The molecule has 0 saturated heterocycles. The molecular weight excluding hydrogens is 321 g/mol. The van der Waals surface area contributed by atoms with E-state index in [0.29, 0.717) is 5.00 Å². The Hall–Kier alpha value is -2.30. The number of hydrogen-bond acceptors (Lipinski definition) is 6. The van der Waals surface area contributed by atoms with Crippen LogP contribution in [0.3, 0.4) is 0 Å². The third-order valence-corrected chi connectivity index (χ3v) is 3.00. The van der Waals surface area contributed by atoms with Crippen molar-refractivity contribution >= 4 is 22.6 Å². The zero-order valence-electron chi connectivity index (χ0n) is 11.3. The Morgan fingerprint density at radius 1 is 1.36 bits per heavy atom. The van der Waals surface area contributed by atoms with Crippen LogP contribution >= 0.6 is 11.5 Å². The predicted molar refractivity (Wildman–Crippen MR) is 72.4 cm³/mol. The minimum atomic E-state index is -4.52. The van der Waals surface area contributed by atoms with Crippen LogP contribution in [0, 0.1) is 6.92 Å². The van der Waals surface area contributed by atoms with Crippen molar-refractivity contribution < 1.29 is 18.0 Å². The summed E-state index contributed by atoms with van der Waals surface area (Å²) in [4.78, 5) is 18.9. The van der Waals surface area contributed by atoms with Gasteiger partial charge in [-0.1, -0.05) is 4.49 Å². The lowest BCUT2D eigenvalue weighted by molar-refractivity contribution is -0.141. The van der Waals surface area contributed by atoms with Crippen molar-refractivity contribution in [2.75, 3.05) is 11.9 Å². The lowest BCUT2D eigenvalue weighted by Gasteiger charge is -2.09. The van der Waals surface area contributed by atoms with Gasteiger partial charge >= 0.3 is 12.2 Å². The van der Waals surface area contributed by atoms with Crippen molar-refractivity contribution in [2.24, 2.45) is 0 Å². The summed E-state index contributed by atoms with van der Waals surface area (Å²) in [5.41, 5.74) is -0.771. The van der Waals surface area contributed by atoms with E-state index in [1.54, 1.807) is 0 Å². The van der Waals surface area contributed by atoms with Crippen LogP contribution in [0.15, 0.2) is 12.3 Å². The molecule has 7 nitrogen and oxygen atoms in total. The van der Waals surface area contributed by atoms with Crippen LogP contribution in [0.25, 0.3) is 0 Å². The van der Waals surface area contributed by atoms with Gasteiger partial charge in [-0.3, -0.25) is 5.32 Å². The highest BCUT2D eigenvalue weighted by atomic mass is 32.1. The van der Waals surface area contributed by atoms with Crippen LogP contribution in [-0.2, 0) is 12.6 Å². The second-order valence-electron chi connectivity index (χ2n) is 4.22. The van der Waals surface area contributed by atoms with Gasteiger partial charge in [-0.2, -0.15) is 13.2 Å². The highest BCUT2D eigenvalue weighted by Gasteiger charge is 2.33. The molecule has 0 bridgehead atoms. The molecule has 0 unspecified atom stereocenters. The number of aryl methyl sites for hydroxylation is 1. The Labute approximate surface area is 127 Å². The number of rotatable bonds is 4. The van der Waals surface area contributed by atoms with E-state index in [9.17, 15) is 18.0 Å². The number of hydrogen-bond donors (Lipinski definition) is 2. The zero-order chi connectivity index (χ0) is 16.2. The summed E-state index contributed by atoms with van der Waals surface area (Å²) in [5.74, 6) is 0.0204. The Morgan fingerprint density at radius 3 is 2.77 bits per heavy atom. The first-order chi connectivity index (χ1) is 10.3. The molecule has 2 aromatic heterocycles. The fraction of sp³-hybridized carbons (Fsp3) is 0.364. The Bertz CT molecular complexity index is 646. The van der Waals surface area contributed by atoms with Crippen molar-refractivity contribution in [2.45, 2.75) is 19.5 Å². The molecule has 0 spiro atoms. The summed E-state index contributed by atoms with van der Waals surface area (Å²) >= 11 is 1.00. The number of alkyl halides is 3. The van der Waals surface area contributed by atoms with E-state index in [1.165, 1.54) is 13.1 Å². The van der Waals surface area contributed by atoms with E-state index in [1.807, 2.05) is 0 Å². The lowest BCUT2D eigenvalue weighted by Crippen LogP contribution is -2.30. The minimum Gasteiger partial charge on any atom is -0.337 e. The van der Waals surface area contributed by atoms with Crippen LogP contribution in [0.5, 0.6) is 0 Å². The highest BCUT2D eigenvalue weighted by molar-refractivity contribution is 7.10. The van der Waals surface area contributed by atoms with E-state index < -0.39 is 17.9 Å². The number of anilines is 1. The molecule has 0 atom stereocenters. The van der Waals surface area contributed by atoms with Gasteiger partial charge in [-0.15, -0.1) is 5.10 Å². The molecule has 2 aromatic rings. The molecule has 11 heteroatoms. The third kappa shape index (κ3) is 4.62. The van der Waals surface area contributed by atoms with E-state index in [4.69, 9.17) is 0 Å². The number of aromatic nitrogens is 4. The van der Waals surface area contributed by atoms with Gasteiger partial charge in [0.05, 0.1) is 6.20 Å². The molecule has 2 N–H and O–H groups in total. The van der Waals surface area contributed by atoms with Crippen LogP contribution in [0.2, 0.25) is 0 Å². The maximum atomic E-state index is 12.6. The largest absolute Gasteiger partial charge is 0.433 e. The van der Waals surface area contributed by atoms with E-state index in [-0.39, 0.29) is 24.5 Å². The third-order valence-electron chi connectivity index (χ3n) is 2.42. The molecule has 0 saturated carbocycles. The summed E-state index contributed by atoms with van der Waals surface area (Å²) in [6.45, 7) is 1.55.